The van der Waals surface area contributed by atoms with E-state index in [1.54, 1.807) is 43.3 Å². The molecule has 0 aliphatic rings. The molecule has 0 saturated heterocycles. The van der Waals surface area contributed by atoms with Gasteiger partial charge in [0, 0.05) is 4.47 Å². The molecular weight excluding hydrogens is 362 g/mol. The van der Waals surface area contributed by atoms with Crippen LogP contribution in [0.25, 0.3) is 0 Å². The minimum Gasteiger partial charge on any atom is -0.278 e. The summed E-state index contributed by atoms with van der Waals surface area (Å²) in [5.74, 6) is 0. The first-order chi connectivity index (χ1) is 9.29. The summed E-state index contributed by atoms with van der Waals surface area (Å²) < 4.78 is 28.0. The highest BCUT2D eigenvalue weighted by Gasteiger charge is 2.17. The average Bonchev–Trinajstić information content (AvgIpc) is 2.34. The van der Waals surface area contributed by atoms with Crippen molar-refractivity contribution in [2.24, 2.45) is 0 Å². The molecule has 0 amide bonds. The molecule has 2 aromatic rings. The van der Waals surface area contributed by atoms with Crippen LogP contribution in [-0.2, 0) is 10.0 Å². The van der Waals surface area contributed by atoms with Gasteiger partial charge in [-0.3, -0.25) is 4.72 Å². The van der Waals surface area contributed by atoms with E-state index < -0.39 is 10.0 Å². The van der Waals surface area contributed by atoms with Crippen LogP contribution in [0.2, 0.25) is 5.02 Å². The molecule has 0 spiro atoms. The zero-order valence-electron chi connectivity index (χ0n) is 10.9. The van der Waals surface area contributed by atoms with Crippen LogP contribution < -0.4 is 4.72 Å². The van der Waals surface area contributed by atoms with E-state index in [-0.39, 0.29) is 4.90 Å². The third kappa shape index (κ3) is 3.34. The summed E-state index contributed by atoms with van der Waals surface area (Å²) in [6, 6.07) is 10.1. The summed E-state index contributed by atoms with van der Waals surface area (Å²) in [5, 5.41) is 0.354. The van der Waals surface area contributed by atoms with Crippen LogP contribution in [0.15, 0.2) is 45.8 Å². The second-order valence-electron chi connectivity index (χ2n) is 4.50. The van der Waals surface area contributed by atoms with Gasteiger partial charge in [0.2, 0.25) is 0 Å². The number of hydrogen-bond acceptors (Lipinski definition) is 2. The molecule has 0 heterocycles. The van der Waals surface area contributed by atoms with Crippen LogP contribution in [0.1, 0.15) is 11.1 Å². The van der Waals surface area contributed by atoms with E-state index in [4.69, 9.17) is 11.6 Å². The quantitative estimate of drug-likeness (QED) is 0.858. The van der Waals surface area contributed by atoms with Gasteiger partial charge in [-0.05, 0) is 43.7 Å². The third-order valence-electron chi connectivity index (χ3n) is 2.82. The topological polar surface area (TPSA) is 46.2 Å². The molecule has 0 aliphatic heterocycles. The molecular formula is C14H13BrClNO2S. The number of sulfonamides is 1. The van der Waals surface area contributed by atoms with Crippen LogP contribution in [0.3, 0.4) is 0 Å². The molecule has 0 saturated carbocycles. The van der Waals surface area contributed by atoms with Crippen molar-refractivity contribution in [1.29, 1.82) is 0 Å². The first-order valence-corrected chi connectivity index (χ1v) is 8.50. The summed E-state index contributed by atoms with van der Waals surface area (Å²) in [6.07, 6.45) is 0. The van der Waals surface area contributed by atoms with Crippen molar-refractivity contribution in [3.05, 3.63) is 57.0 Å². The van der Waals surface area contributed by atoms with Gasteiger partial charge in [-0.15, -0.1) is 0 Å². The Morgan fingerprint density at radius 3 is 2.25 bits per heavy atom. The maximum atomic E-state index is 12.3. The van der Waals surface area contributed by atoms with Gasteiger partial charge in [-0.2, -0.15) is 0 Å². The predicted octanol–water partition coefficient (Wildman–Crippen LogP) is 4.52. The van der Waals surface area contributed by atoms with Crippen LogP contribution in [0, 0.1) is 13.8 Å². The van der Waals surface area contributed by atoms with E-state index in [1.165, 1.54) is 0 Å². The minimum atomic E-state index is -3.64. The Balaban J connectivity index is 2.41. The highest BCUT2D eigenvalue weighted by atomic mass is 79.9. The van der Waals surface area contributed by atoms with Gasteiger partial charge in [0.15, 0.2) is 0 Å². The molecule has 0 radical (unpaired) electrons. The first-order valence-electron chi connectivity index (χ1n) is 5.85. The van der Waals surface area contributed by atoms with Crippen molar-refractivity contribution in [2.75, 3.05) is 4.72 Å². The molecule has 0 fully saturated rings. The lowest BCUT2D eigenvalue weighted by molar-refractivity contribution is 0.601. The number of halogens is 2. The number of aryl methyl sites for hydroxylation is 2. The van der Waals surface area contributed by atoms with Crippen molar-refractivity contribution in [3.8, 4) is 0 Å². The van der Waals surface area contributed by atoms with Gasteiger partial charge in [-0.25, -0.2) is 8.42 Å². The lowest BCUT2D eigenvalue weighted by Gasteiger charge is -2.13. The molecule has 3 nitrogen and oxygen atoms in total. The standard InChI is InChI=1S/C14H13BrClNO2S/c1-9-3-5-12(6-4-9)20(18,19)17-14-10(2)7-11(15)8-13(14)16/h3-8,17H,1-2H3. The minimum absolute atomic E-state index is 0.210. The van der Waals surface area contributed by atoms with Crippen molar-refractivity contribution in [1.82, 2.24) is 0 Å². The summed E-state index contributed by atoms with van der Waals surface area (Å²) >= 11 is 9.41. The van der Waals surface area contributed by atoms with Crippen molar-refractivity contribution in [3.63, 3.8) is 0 Å². The number of nitrogens with one attached hydrogen (secondary N) is 1. The van der Waals surface area contributed by atoms with Gasteiger partial charge in [0.25, 0.3) is 10.0 Å². The highest BCUT2D eigenvalue weighted by Crippen LogP contribution is 2.31. The summed E-state index contributed by atoms with van der Waals surface area (Å²) in [6.45, 7) is 3.70. The zero-order chi connectivity index (χ0) is 14.9. The third-order valence-corrected chi connectivity index (χ3v) is 4.94. The summed E-state index contributed by atoms with van der Waals surface area (Å²) in [5.41, 5.74) is 2.15. The number of anilines is 1. The normalized spacial score (nSPS) is 11.4. The van der Waals surface area contributed by atoms with Gasteiger partial charge in [-0.1, -0.05) is 45.2 Å². The number of rotatable bonds is 3. The lowest BCUT2D eigenvalue weighted by atomic mass is 10.2. The Labute approximate surface area is 132 Å². The lowest BCUT2D eigenvalue weighted by Crippen LogP contribution is -2.14. The van der Waals surface area contributed by atoms with Gasteiger partial charge in [0.05, 0.1) is 15.6 Å². The Hall–Kier alpha value is -1.04. The first kappa shape index (κ1) is 15.4. The van der Waals surface area contributed by atoms with Crippen molar-refractivity contribution >= 4 is 43.2 Å². The second-order valence-corrected chi connectivity index (χ2v) is 7.50. The van der Waals surface area contributed by atoms with E-state index in [0.717, 1.165) is 15.6 Å². The molecule has 2 aromatic carbocycles. The van der Waals surface area contributed by atoms with E-state index in [2.05, 4.69) is 20.7 Å². The zero-order valence-corrected chi connectivity index (χ0v) is 14.1. The van der Waals surface area contributed by atoms with Gasteiger partial charge in [0.1, 0.15) is 0 Å². The van der Waals surface area contributed by atoms with Crippen molar-refractivity contribution in [2.45, 2.75) is 18.7 Å². The van der Waals surface area contributed by atoms with Crippen LogP contribution in [0.5, 0.6) is 0 Å². The van der Waals surface area contributed by atoms with Crippen LogP contribution in [-0.4, -0.2) is 8.42 Å². The maximum Gasteiger partial charge on any atom is 0.261 e. The molecule has 0 bridgehead atoms. The van der Waals surface area contributed by atoms with E-state index in [0.29, 0.717) is 10.7 Å². The Morgan fingerprint density at radius 1 is 1.10 bits per heavy atom. The molecule has 0 atom stereocenters. The van der Waals surface area contributed by atoms with Gasteiger partial charge < -0.3 is 0 Å². The largest absolute Gasteiger partial charge is 0.278 e. The SMILES string of the molecule is Cc1ccc(S(=O)(=O)Nc2c(C)cc(Br)cc2Cl)cc1. The Kier molecular flexibility index (Phi) is 4.42. The number of hydrogen-bond donors (Lipinski definition) is 1. The Bertz CT molecular complexity index is 719. The maximum absolute atomic E-state index is 12.3. The van der Waals surface area contributed by atoms with Crippen molar-refractivity contribution < 1.29 is 8.42 Å². The average molecular weight is 375 g/mol. The fourth-order valence-corrected chi connectivity index (χ4v) is 3.97. The molecule has 0 aromatic heterocycles. The van der Waals surface area contributed by atoms with Crippen LogP contribution in [0.4, 0.5) is 5.69 Å². The number of benzene rings is 2. The van der Waals surface area contributed by atoms with Crippen LogP contribution >= 0.6 is 27.5 Å². The van der Waals surface area contributed by atoms with E-state index in [1.807, 2.05) is 6.92 Å². The summed E-state index contributed by atoms with van der Waals surface area (Å²) in [4.78, 5) is 0.210. The smallest absolute Gasteiger partial charge is 0.261 e. The predicted molar refractivity (Wildman–Crippen MR) is 85.9 cm³/mol. The molecule has 1 N–H and O–H groups in total. The fourth-order valence-electron chi connectivity index (χ4n) is 1.74. The van der Waals surface area contributed by atoms with Gasteiger partial charge >= 0.3 is 0 Å². The Morgan fingerprint density at radius 2 is 1.70 bits per heavy atom. The monoisotopic (exact) mass is 373 g/mol. The van der Waals surface area contributed by atoms with E-state index in [9.17, 15) is 8.42 Å². The molecule has 0 aliphatic carbocycles. The fraction of sp³-hybridized carbons (Fsp3) is 0.143. The molecule has 106 valence electrons. The van der Waals surface area contributed by atoms with E-state index >= 15 is 0 Å². The molecule has 6 heteroatoms. The highest BCUT2D eigenvalue weighted by molar-refractivity contribution is 9.10. The molecule has 0 unspecified atom stereocenters. The second kappa shape index (κ2) is 5.76. The summed E-state index contributed by atoms with van der Waals surface area (Å²) in [7, 11) is -3.64. The molecule has 20 heavy (non-hydrogen) atoms. The molecule has 2 rings (SSSR count).